The molecule has 0 amide bonds. The van der Waals surface area contributed by atoms with Gasteiger partial charge in [0, 0.05) is 35.7 Å². The van der Waals surface area contributed by atoms with Crippen LogP contribution in [0.4, 0.5) is 18.9 Å². The van der Waals surface area contributed by atoms with E-state index in [1.165, 1.54) is 18.2 Å². The van der Waals surface area contributed by atoms with Crippen molar-refractivity contribution in [3.05, 3.63) is 53.1 Å². The Balaban J connectivity index is 0.000000587. The van der Waals surface area contributed by atoms with Crippen molar-refractivity contribution >= 4 is 41.2 Å². The summed E-state index contributed by atoms with van der Waals surface area (Å²) in [6.45, 7) is 0.373. The van der Waals surface area contributed by atoms with Crippen molar-refractivity contribution in [3.8, 4) is 11.5 Å². The Labute approximate surface area is 227 Å². The van der Waals surface area contributed by atoms with E-state index in [9.17, 15) is 32.7 Å². The van der Waals surface area contributed by atoms with Crippen molar-refractivity contribution in [3.63, 3.8) is 0 Å². The van der Waals surface area contributed by atoms with E-state index in [0.717, 1.165) is 5.56 Å². The summed E-state index contributed by atoms with van der Waals surface area (Å²) in [5.74, 6) is -5.84. The Morgan fingerprint density at radius 2 is 1.76 bits per heavy atom. The highest BCUT2D eigenvalue weighted by Crippen LogP contribution is 2.38. The normalized spacial score (nSPS) is 17.0. The number of carbonyl (C=O) groups excluding carboxylic acids is 1. The topological polar surface area (TPSA) is 231 Å². The second-order valence-electron chi connectivity index (χ2n) is 8.53. The van der Waals surface area contributed by atoms with E-state index in [-0.39, 0.29) is 29.4 Å². The number of alkyl halides is 3. The highest BCUT2D eigenvalue weighted by atomic mass is 19.4. The molecule has 0 radical (unpaired) electrons. The maximum Gasteiger partial charge on any atom is 0.490 e. The summed E-state index contributed by atoms with van der Waals surface area (Å²) in [5.41, 5.74) is 5.46. The van der Waals surface area contributed by atoms with Gasteiger partial charge in [0.05, 0.1) is 24.3 Å². The summed E-state index contributed by atoms with van der Waals surface area (Å²) in [6, 6.07) is 9.20. The number of carbonyl (C=O) groups is 4. The summed E-state index contributed by atoms with van der Waals surface area (Å²) in [6.07, 6.45) is -5.61. The third kappa shape index (κ3) is 7.40. The molecule has 0 spiro atoms. The first-order valence-corrected chi connectivity index (χ1v) is 11.3. The number of halogens is 3. The Morgan fingerprint density at radius 1 is 1.12 bits per heavy atom. The molecule has 4 rings (SSSR count). The molecule has 2 aromatic rings. The van der Waals surface area contributed by atoms with Crippen LogP contribution in [-0.4, -0.2) is 69.3 Å². The van der Waals surface area contributed by atoms with Gasteiger partial charge in [-0.2, -0.15) is 13.2 Å². The zero-order chi connectivity index (χ0) is 30.5. The SMILES string of the molecule is N=C(N)Nc1ccc(C(=O)Oc2cc3c(c(C4=NOC(CC(=O)O)(C(=O)O)C4)c2)CCO3)cc1.O=C(O)C(F)(F)F. The monoisotopic (exact) mass is 582 g/mol. The summed E-state index contributed by atoms with van der Waals surface area (Å²) in [7, 11) is 0. The lowest BCUT2D eigenvalue weighted by Gasteiger charge is -2.19. The number of ether oxygens (including phenoxy) is 2. The fourth-order valence-electron chi connectivity index (χ4n) is 3.75. The van der Waals surface area contributed by atoms with Gasteiger partial charge in [0.1, 0.15) is 11.5 Å². The molecule has 218 valence electrons. The number of guanidine groups is 1. The second-order valence-corrected chi connectivity index (χ2v) is 8.53. The van der Waals surface area contributed by atoms with E-state index >= 15 is 0 Å². The Bertz CT molecular complexity index is 1430. The molecule has 0 bridgehead atoms. The lowest BCUT2D eigenvalue weighted by molar-refractivity contribution is -0.192. The number of benzene rings is 2. The van der Waals surface area contributed by atoms with E-state index < -0.39 is 42.1 Å². The van der Waals surface area contributed by atoms with Crippen molar-refractivity contribution < 1.29 is 62.0 Å². The number of anilines is 1. The summed E-state index contributed by atoms with van der Waals surface area (Å²) in [5, 5.41) is 39.5. The highest BCUT2D eigenvalue weighted by Gasteiger charge is 2.49. The van der Waals surface area contributed by atoms with E-state index in [1.807, 2.05) is 0 Å². The zero-order valence-corrected chi connectivity index (χ0v) is 20.7. The first kappa shape index (κ1) is 30.2. The molecule has 0 aliphatic carbocycles. The third-order valence-corrected chi connectivity index (χ3v) is 5.57. The number of esters is 1. The van der Waals surface area contributed by atoms with Crippen LogP contribution in [0.1, 0.15) is 34.3 Å². The number of fused-ring (bicyclic) bond motifs is 1. The standard InChI is InChI=1S/C22H20N4O8.C2HF3O2/c23-21(24)25-12-3-1-11(2-4-12)19(29)33-13-7-15(14-5-6-32-17(14)8-13)16-9-22(20(30)31,34-26-16)10-18(27)28;3-2(4,5)1(6)7/h1-4,7-8H,5-6,9-10H2,(H,27,28)(H,30,31)(H4,23,24,25);(H,6,7). The maximum atomic E-state index is 12.6. The van der Waals surface area contributed by atoms with Crippen LogP contribution < -0.4 is 20.5 Å². The number of aliphatic carboxylic acids is 3. The molecule has 0 aromatic heterocycles. The molecule has 14 nitrogen and oxygen atoms in total. The fraction of sp³-hybridized carbons (Fsp3) is 0.250. The van der Waals surface area contributed by atoms with Gasteiger partial charge in [0.2, 0.25) is 5.60 Å². The number of hydrogen-bond donors (Lipinski definition) is 6. The van der Waals surface area contributed by atoms with E-state index in [1.54, 1.807) is 18.2 Å². The van der Waals surface area contributed by atoms with Crippen LogP contribution in [0.2, 0.25) is 0 Å². The molecule has 2 aliphatic heterocycles. The largest absolute Gasteiger partial charge is 0.493 e. The molecule has 0 fully saturated rings. The first-order valence-electron chi connectivity index (χ1n) is 11.3. The van der Waals surface area contributed by atoms with Crippen LogP contribution in [0.3, 0.4) is 0 Å². The molecule has 0 saturated carbocycles. The molecular weight excluding hydrogens is 561 g/mol. The Hall–Kier alpha value is -5.35. The fourth-order valence-corrected chi connectivity index (χ4v) is 3.75. The summed E-state index contributed by atoms with van der Waals surface area (Å²) < 4.78 is 42.8. The maximum absolute atomic E-state index is 12.6. The smallest absolute Gasteiger partial charge is 0.490 e. The Kier molecular flexibility index (Phi) is 8.69. The van der Waals surface area contributed by atoms with Crippen molar-refractivity contribution in [2.45, 2.75) is 31.0 Å². The molecular formula is C24H21F3N4O10. The lowest BCUT2D eigenvalue weighted by atomic mass is 9.89. The summed E-state index contributed by atoms with van der Waals surface area (Å²) >= 11 is 0. The van der Waals surface area contributed by atoms with Crippen LogP contribution in [0, 0.1) is 5.41 Å². The number of carboxylic acid groups (broad SMARTS) is 3. The van der Waals surface area contributed by atoms with E-state index in [4.69, 9.17) is 40.5 Å². The molecule has 17 heteroatoms. The average molecular weight is 582 g/mol. The van der Waals surface area contributed by atoms with Crippen LogP contribution >= 0.6 is 0 Å². The van der Waals surface area contributed by atoms with Crippen LogP contribution in [0.15, 0.2) is 41.6 Å². The number of nitrogens with two attached hydrogens (primary N) is 1. The van der Waals surface area contributed by atoms with Gasteiger partial charge in [-0.25, -0.2) is 14.4 Å². The highest BCUT2D eigenvalue weighted by molar-refractivity contribution is 6.07. The molecule has 7 N–H and O–H groups in total. The van der Waals surface area contributed by atoms with Gasteiger partial charge in [-0.15, -0.1) is 0 Å². The van der Waals surface area contributed by atoms with Gasteiger partial charge in [0.25, 0.3) is 0 Å². The van der Waals surface area contributed by atoms with Gasteiger partial charge in [0.15, 0.2) is 5.96 Å². The van der Waals surface area contributed by atoms with Crippen molar-refractivity contribution in [2.24, 2.45) is 10.9 Å². The average Bonchev–Trinajstić information content (AvgIpc) is 3.51. The molecule has 1 unspecified atom stereocenters. The van der Waals surface area contributed by atoms with Crippen LogP contribution in [0.25, 0.3) is 0 Å². The molecule has 2 aliphatic rings. The third-order valence-electron chi connectivity index (χ3n) is 5.57. The Morgan fingerprint density at radius 3 is 2.29 bits per heavy atom. The number of rotatable bonds is 7. The first-order chi connectivity index (χ1) is 19.1. The van der Waals surface area contributed by atoms with Crippen LogP contribution in [-0.2, 0) is 25.6 Å². The van der Waals surface area contributed by atoms with Crippen molar-refractivity contribution in [1.82, 2.24) is 0 Å². The minimum atomic E-state index is -5.08. The summed E-state index contributed by atoms with van der Waals surface area (Å²) in [4.78, 5) is 49.6. The molecule has 2 aromatic carbocycles. The second kappa shape index (κ2) is 11.8. The van der Waals surface area contributed by atoms with Gasteiger partial charge in [-0.1, -0.05) is 5.16 Å². The van der Waals surface area contributed by atoms with E-state index in [2.05, 4.69) is 10.5 Å². The van der Waals surface area contributed by atoms with Gasteiger partial charge in [-0.3, -0.25) is 10.2 Å². The molecule has 1 atom stereocenters. The quantitative estimate of drug-likeness (QED) is 0.119. The number of nitrogens with zero attached hydrogens (tertiary/aromatic N) is 1. The van der Waals surface area contributed by atoms with Gasteiger partial charge >= 0.3 is 30.1 Å². The zero-order valence-electron chi connectivity index (χ0n) is 20.7. The number of carboxylic acids is 3. The number of oxime groups is 1. The predicted molar refractivity (Wildman–Crippen MR) is 131 cm³/mol. The minimum absolute atomic E-state index is 0.139. The molecule has 41 heavy (non-hydrogen) atoms. The van der Waals surface area contributed by atoms with Gasteiger partial charge < -0.3 is 40.7 Å². The van der Waals surface area contributed by atoms with Crippen molar-refractivity contribution in [2.75, 3.05) is 11.9 Å². The van der Waals surface area contributed by atoms with E-state index in [0.29, 0.717) is 30.0 Å². The number of nitrogens with one attached hydrogen (secondary N) is 2. The van der Waals surface area contributed by atoms with Gasteiger partial charge in [-0.05, 0) is 30.3 Å². The number of hydrogen-bond acceptors (Lipinski definition) is 9. The van der Waals surface area contributed by atoms with Crippen molar-refractivity contribution in [1.29, 1.82) is 5.41 Å². The predicted octanol–water partition coefficient (Wildman–Crippen LogP) is 2.20. The minimum Gasteiger partial charge on any atom is -0.493 e. The van der Waals surface area contributed by atoms with Crippen LogP contribution in [0.5, 0.6) is 11.5 Å². The molecule has 0 saturated heterocycles. The lowest BCUT2D eigenvalue weighted by Crippen LogP contribution is -2.41. The molecule has 2 heterocycles.